The minimum Gasteiger partial charge on any atom is -0.397 e. The van der Waals surface area contributed by atoms with Gasteiger partial charge in [0.1, 0.15) is 11.6 Å². The largest absolute Gasteiger partial charge is 0.397 e. The summed E-state index contributed by atoms with van der Waals surface area (Å²) in [6.07, 6.45) is 2.19. The maximum atomic E-state index is 11.6. The molecule has 5 nitrogen and oxygen atoms in total. The first kappa shape index (κ1) is 14.6. The zero-order valence-electron chi connectivity index (χ0n) is 11.2. The van der Waals surface area contributed by atoms with Crippen LogP contribution >= 0.6 is 0 Å². The van der Waals surface area contributed by atoms with Crippen LogP contribution in [0.2, 0.25) is 0 Å². The van der Waals surface area contributed by atoms with E-state index in [4.69, 9.17) is 11.0 Å². The SMILES string of the molecule is CCCNC(=O)/C(C#N)=C\Nc1ccc(C)cc1N. The molecule has 0 saturated carbocycles. The van der Waals surface area contributed by atoms with Crippen molar-refractivity contribution >= 4 is 17.3 Å². The van der Waals surface area contributed by atoms with Crippen LogP contribution in [-0.2, 0) is 4.79 Å². The summed E-state index contributed by atoms with van der Waals surface area (Å²) < 4.78 is 0. The zero-order chi connectivity index (χ0) is 14.3. The number of carbonyl (C=O) groups excluding carboxylic acids is 1. The van der Waals surface area contributed by atoms with Gasteiger partial charge in [0.15, 0.2) is 0 Å². The Morgan fingerprint density at radius 1 is 1.53 bits per heavy atom. The molecule has 1 rings (SSSR count). The van der Waals surface area contributed by atoms with E-state index in [0.717, 1.165) is 12.0 Å². The molecule has 0 aliphatic heterocycles. The number of aryl methyl sites for hydroxylation is 1. The molecule has 0 aliphatic carbocycles. The van der Waals surface area contributed by atoms with Crippen molar-refractivity contribution in [1.82, 2.24) is 5.32 Å². The Hall–Kier alpha value is -2.48. The molecule has 0 atom stereocenters. The number of nitrogens with two attached hydrogens (primary N) is 1. The lowest BCUT2D eigenvalue weighted by Gasteiger charge is -2.07. The molecule has 1 aromatic carbocycles. The van der Waals surface area contributed by atoms with E-state index in [1.807, 2.05) is 32.0 Å². The van der Waals surface area contributed by atoms with Crippen LogP contribution in [0.25, 0.3) is 0 Å². The smallest absolute Gasteiger partial charge is 0.263 e. The molecule has 1 amide bonds. The van der Waals surface area contributed by atoms with Crippen LogP contribution in [0.1, 0.15) is 18.9 Å². The molecule has 0 saturated heterocycles. The lowest BCUT2D eigenvalue weighted by Crippen LogP contribution is -2.25. The third-order valence-corrected chi connectivity index (χ3v) is 2.48. The summed E-state index contributed by atoms with van der Waals surface area (Å²) in [5, 5.41) is 14.5. The summed E-state index contributed by atoms with van der Waals surface area (Å²) in [6.45, 7) is 4.43. The van der Waals surface area contributed by atoms with Gasteiger partial charge in [0.2, 0.25) is 0 Å². The van der Waals surface area contributed by atoms with Gasteiger partial charge < -0.3 is 16.4 Å². The van der Waals surface area contributed by atoms with E-state index in [9.17, 15) is 4.79 Å². The van der Waals surface area contributed by atoms with Crippen LogP contribution in [0.5, 0.6) is 0 Å². The molecular weight excluding hydrogens is 240 g/mol. The molecule has 0 aliphatic rings. The Bertz CT molecular complexity index is 529. The standard InChI is InChI=1S/C14H18N4O/c1-3-6-17-14(19)11(8-15)9-18-13-5-4-10(2)7-12(13)16/h4-5,7,9,18H,3,6,16H2,1-2H3,(H,17,19)/b11-9-. The monoisotopic (exact) mass is 258 g/mol. The molecule has 0 spiro atoms. The number of nitrogens with zero attached hydrogens (tertiary/aromatic N) is 1. The predicted octanol–water partition coefficient (Wildman–Crippen LogP) is 1.92. The number of anilines is 2. The van der Waals surface area contributed by atoms with Crippen molar-refractivity contribution < 1.29 is 4.79 Å². The fourth-order valence-electron chi connectivity index (χ4n) is 1.45. The molecule has 5 heteroatoms. The highest BCUT2D eigenvalue weighted by Gasteiger charge is 2.07. The van der Waals surface area contributed by atoms with E-state index in [2.05, 4.69) is 10.6 Å². The van der Waals surface area contributed by atoms with Crippen LogP contribution in [0.4, 0.5) is 11.4 Å². The quantitative estimate of drug-likeness (QED) is 0.427. The molecule has 100 valence electrons. The van der Waals surface area contributed by atoms with Gasteiger partial charge in [-0.3, -0.25) is 4.79 Å². The van der Waals surface area contributed by atoms with Gasteiger partial charge in [0.05, 0.1) is 11.4 Å². The van der Waals surface area contributed by atoms with Crippen molar-refractivity contribution in [2.24, 2.45) is 0 Å². The number of nitrogen functional groups attached to an aromatic ring is 1. The van der Waals surface area contributed by atoms with Crippen LogP contribution in [0.15, 0.2) is 30.0 Å². The summed E-state index contributed by atoms with van der Waals surface area (Å²) in [4.78, 5) is 11.6. The number of nitrogens with one attached hydrogen (secondary N) is 2. The zero-order valence-corrected chi connectivity index (χ0v) is 11.2. The second-order valence-corrected chi connectivity index (χ2v) is 4.16. The number of benzene rings is 1. The van der Waals surface area contributed by atoms with E-state index in [0.29, 0.717) is 17.9 Å². The van der Waals surface area contributed by atoms with Gasteiger partial charge in [-0.25, -0.2) is 0 Å². The Labute approximate surface area is 113 Å². The Morgan fingerprint density at radius 2 is 2.26 bits per heavy atom. The van der Waals surface area contributed by atoms with Crippen LogP contribution in [0.3, 0.4) is 0 Å². The van der Waals surface area contributed by atoms with Gasteiger partial charge in [0, 0.05) is 12.7 Å². The third-order valence-electron chi connectivity index (χ3n) is 2.48. The molecule has 0 fully saturated rings. The van der Waals surface area contributed by atoms with Crippen molar-refractivity contribution in [1.29, 1.82) is 5.26 Å². The second kappa shape index (κ2) is 7.07. The first-order valence-corrected chi connectivity index (χ1v) is 6.09. The highest BCUT2D eigenvalue weighted by molar-refractivity contribution is 5.97. The van der Waals surface area contributed by atoms with Gasteiger partial charge in [-0.2, -0.15) is 5.26 Å². The lowest BCUT2D eigenvalue weighted by molar-refractivity contribution is -0.117. The second-order valence-electron chi connectivity index (χ2n) is 4.16. The average Bonchev–Trinajstić information content (AvgIpc) is 2.39. The van der Waals surface area contributed by atoms with E-state index in [1.165, 1.54) is 6.20 Å². The summed E-state index contributed by atoms with van der Waals surface area (Å²) >= 11 is 0. The normalized spacial score (nSPS) is 10.7. The Balaban J connectivity index is 2.77. The average molecular weight is 258 g/mol. The van der Waals surface area contributed by atoms with Crippen molar-refractivity contribution in [3.63, 3.8) is 0 Å². The van der Waals surface area contributed by atoms with Crippen LogP contribution < -0.4 is 16.4 Å². The minimum absolute atomic E-state index is 0.0217. The van der Waals surface area contributed by atoms with Crippen LogP contribution in [-0.4, -0.2) is 12.5 Å². The fourth-order valence-corrected chi connectivity index (χ4v) is 1.45. The molecule has 19 heavy (non-hydrogen) atoms. The molecule has 4 N–H and O–H groups in total. The van der Waals surface area contributed by atoms with Crippen molar-refractivity contribution in [2.45, 2.75) is 20.3 Å². The number of amides is 1. The fraction of sp³-hybridized carbons (Fsp3) is 0.286. The Morgan fingerprint density at radius 3 is 2.84 bits per heavy atom. The van der Waals surface area contributed by atoms with Gasteiger partial charge in [0.25, 0.3) is 5.91 Å². The van der Waals surface area contributed by atoms with E-state index < -0.39 is 0 Å². The van der Waals surface area contributed by atoms with Gasteiger partial charge in [-0.05, 0) is 31.0 Å². The topological polar surface area (TPSA) is 90.9 Å². The van der Waals surface area contributed by atoms with Gasteiger partial charge >= 0.3 is 0 Å². The first-order valence-electron chi connectivity index (χ1n) is 6.09. The third kappa shape index (κ3) is 4.36. The predicted molar refractivity (Wildman–Crippen MR) is 76.2 cm³/mol. The highest BCUT2D eigenvalue weighted by atomic mass is 16.1. The summed E-state index contributed by atoms with van der Waals surface area (Å²) in [5.41, 5.74) is 8.14. The molecule has 0 bridgehead atoms. The highest BCUT2D eigenvalue weighted by Crippen LogP contribution is 2.19. The summed E-state index contributed by atoms with van der Waals surface area (Å²) in [7, 11) is 0. The van der Waals surface area contributed by atoms with Gasteiger partial charge in [-0.1, -0.05) is 13.0 Å². The number of hydrogen-bond acceptors (Lipinski definition) is 4. The van der Waals surface area contributed by atoms with E-state index in [-0.39, 0.29) is 11.5 Å². The maximum Gasteiger partial charge on any atom is 0.263 e. The molecular formula is C14H18N4O. The van der Waals surface area contributed by atoms with Crippen molar-refractivity contribution in [3.8, 4) is 6.07 Å². The van der Waals surface area contributed by atoms with Crippen molar-refractivity contribution in [3.05, 3.63) is 35.5 Å². The maximum absolute atomic E-state index is 11.6. The number of hydrogen-bond donors (Lipinski definition) is 3. The van der Waals surface area contributed by atoms with Crippen LogP contribution in [0, 0.1) is 18.3 Å². The summed E-state index contributed by atoms with van der Waals surface area (Å²) in [6, 6.07) is 7.38. The molecule has 0 heterocycles. The number of rotatable bonds is 5. The first-order chi connectivity index (χ1) is 9.08. The molecule has 1 aromatic rings. The Kier molecular flexibility index (Phi) is 5.42. The molecule has 0 radical (unpaired) electrons. The van der Waals surface area contributed by atoms with E-state index in [1.54, 1.807) is 6.07 Å². The van der Waals surface area contributed by atoms with E-state index >= 15 is 0 Å². The summed E-state index contributed by atoms with van der Waals surface area (Å²) in [5.74, 6) is -0.387. The molecule has 0 aromatic heterocycles. The lowest BCUT2D eigenvalue weighted by atomic mass is 10.2. The van der Waals surface area contributed by atoms with Gasteiger partial charge in [-0.15, -0.1) is 0 Å². The van der Waals surface area contributed by atoms with Crippen molar-refractivity contribution in [2.75, 3.05) is 17.6 Å². The number of carbonyl (C=O) groups is 1. The number of nitriles is 1. The minimum atomic E-state index is -0.387. The molecule has 0 unspecified atom stereocenters.